The maximum Gasteiger partial charge on any atom is 0.00694 e. The average molecular weight is 301 g/mol. The number of nitrogens with zero attached hydrogens (tertiary/aromatic N) is 1. The normalized spacial score (nSPS) is 19.5. The fraction of sp³-hybridized carbons (Fsp3) is 1.00. The van der Waals surface area contributed by atoms with Crippen LogP contribution in [-0.4, -0.2) is 50.1 Å². The Hall–Kier alpha value is 0.270. The summed E-state index contributed by atoms with van der Waals surface area (Å²) in [5.41, 5.74) is 0.526. The molecule has 1 rings (SSSR count). The van der Waals surface area contributed by atoms with Crippen LogP contribution in [0.1, 0.15) is 52.4 Å². The number of rotatable bonds is 9. The highest BCUT2D eigenvalue weighted by Gasteiger charge is 2.31. The van der Waals surface area contributed by atoms with Crippen molar-refractivity contribution in [3.63, 3.8) is 0 Å². The van der Waals surface area contributed by atoms with E-state index in [0.29, 0.717) is 5.41 Å². The smallest absolute Gasteiger partial charge is 0.00694 e. The molecule has 0 amide bonds. The molecule has 0 aliphatic heterocycles. The van der Waals surface area contributed by atoms with Crippen LogP contribution in [0.2, 0.25) is 0 Å². The summed E-state index contributed by atoms with van der Waals surface area (Å²) in [6, 6.07) is 0. The van der Waals surface area contributed by atoms with Crippen LogP contribution in [0.4, 0.5) is 0 Å². The van der Waals surface area contributed by atoms with Gasteiger partial charge in [0.25, 0.3) is 0 Å². The number of nitrogens with one attached hydrogen (secondary N) is 1. The lowest BCUT2D eigenvalue weighted by molar-refractivity contribution is 0.150. The number of thioether (sulfide) groups is 1. The van der Waals surface area contributed by atoms with E-state index in [2.05, 4.69) is 37.4 Å². The van der Waals surface area contributed by atoms with E-state index in [1.165, 1.54) is 63.9 Å². The molecule has 0 aromatic rings. The highest BCUT2D eigenvalue weighted by molar-refractivity contribution is 7.98. The van der Waals surface area contributed by atoms with E-state index < -0.39 is 0 Å². The molecule has 0 radical (unpaired) electrons. The standard InChI is InChI=1S/C17H36N2S/c1-16(2)13-18-14-17(9-7-5-6-8-10-17)15-19(3)11-12-20-4/h16,18H,5-15H2,1-4H3. The molecule has 1 aliphatic carbocycles. The third-order valence-corrected chi connectivity index (χ3v) is 5.09. The minimum absolute atomic E-state index is 0.526. The molecule has 0 atom stereocenters. The second kappa shape index (κ2) is 10.1. The van der Waals surface area contributed by atoms with Gasteiger partial charge in [0, 0.05) is 25.4 Å². The molecule has 3 heteroatoms. The van der Waals surface area contributed by atoms with Gasteiger partial charge in [-0.2, -0.15) is 11.8 Å². The van der Waals surface area contributed by atoms with Crippen LogP contribution in [0.25, 0.3) is 0 Å². The summed E-state index contributed by atoms with van der Waals surface area (Å²) < 4.78 is 0. The Morgan fingerprint density at radius 1 is 1.15 bits per heavy atom. The molecule has 1 N–H and O–H groups in total. The second-order valence-electron chi connectivity index (χ2n) is 7.17. The van der Waals surface area contributed by atoms with Crippen LogP contribution >= 0.6 is 11.8 Å². The lowest BCUT2D eigenvalue weighted by Crippen LogP contribution is -2.44. The summed E-state index contributed by atoms with van der Waals surface area (Å²) in [6.07, 6.45) is 10.8. The fourth-order valence-corrected chi connectivity index (χ4v) is 3.89. The van der Waals surface area contributed by atoms with Gasteiger partial charge < -0.3 is 10.2 Å². The zero-order valence-electron chi connectivity index (χ0n) is 14.2. The van der Waals surface area contributed by atoms with Crippen molar-refractivity contribution in [1.29, 1.82) is 0 Å². The Morgan fingerprint density at radius 2 is 1.80 bits per heavy atom. The molecule has 0 aromatic carbocycles. The molecule has 1 fully saturated rings. The van der Waals surface area contributed by atoms with Gasteiger partial charge in [0.15, 0.2) is 0 Å². The Labute approximate surface area is 131 Å². The van der Waals surface area contributed by atoms with Crippen molar-refractivity contribution in [1.82, 2.24) is 10.2 Å². The van der Waals surface area contributed by atoms with E-state index in [0.717, 1.165) is 12.5 Å². The van der Waals surface area contributed by atoms with E-state index >= 15 is 0 Å². The van der Waals surface area contributed by atoms with Gasteiger partial charge in [-0.3, -0.25) is 0 Å². The van der Waals surface area contributed by atoms with Crippen LogP contribution in [0.15, 0.2) is 0 Å². The van der Waals surface area contributed by atoms with Crippen molar-refractivity contribution in [2.75, 3.05) is 45.2 Å². The highest BCUT2D eigenvalue weighted by atomic mass is 32.2. The monoisotopic (exact) mass is 300 g/mol. The summed E-state index contributed by atoms with van der Waals surface area (Å²) in [6.45, 7) is 9.49. The number of hydrogen-bond donors (Lipinski definition) is 1. The van der Waals surface area contributed by atoms with Gasteiger partial charge in [0.2, 0.25) is 0 Å². The molecule has 0 aromatic heterocycles. The van der Waals surface area contributed by atoms with Crippen LogP contribution < -0.4 is 5.32 Å². The minimum atomic E-state index is 0.526. The van der Waals surface area contributed by atoms with Crippen molar-refractivity contribution in [3.8, 4) is 0 Å². The molecule has 1 aliphatic rings. The first-order chi connectivity index (χ1) is 9.58. The number of hydrogen-bond acceptors (Lipinski definition) is 3. The summed E-state index contributed by atoms with van der Waals surface area (Å²) in [7, 11) is 2.31. The molecule has 120 valence electrons. The van der Waals surface area contributed by atoms with Gasteiger partial charge in [-0.25, -0.2) is 0 Å². The lowest BCUT2D eigenvalue weighted by Gasteiger charge is -2.37. The maximum absolute atomic E-state index is 3.75. The predicted molar refractivity (Wildman–Crippen MR) is 93.7 cm³/mol. The second-order valence-corrected chi connectivity index (χ2v) is 8.16. The van der Waals surface area contributed by atoms with Gasteiger partial charge in [-0.15, -0.1) is 0 Å². The van der Waals surface area contributed by atoms with Crippen LogP contribution in [0.5, 0.6) is 0 Å². The van der Waals surface area contributed by atoms with Crippen LogP contribution in [-0.2, 0) is 0 Å². The Balaban J connectivity index is 2.52. The van der Waals surface area contributed by atoms with Crippen LogP contribution in [0.3, 0.4) is 0 Å². The minimum Gasteiger partial charge on any atom is -0.316 e. The summed E-state index contributed by atoms with van der Waals surface area (Å²) in [4.78, 5) is 2.57. The van der Waals surface area contributed by atoms with Crippen molar-refractivity contribution >= 4 is 11.8 Å². The van der Waals surface area contributed by atoms with Crippen molar-refractivity contribution < 1.29 is 0 Å². The molecular formula is C17H36N2S. The molecule has 0 saturated heterocycles. The molecule has 0 bridgehead atoms. The summed E-state index contributed by atoms with van der Waals surface area (Å²) >= 11 is 1.96. The molecule has 0 heterocycles. The molecule has 0 unspecified atom stereocenters. The average Bonchev–Trinajstić information content (AvgIpc) is 2.62. The molecule has 2 nitrogen and oxygen atoms in total. The van der Waals surface area contributed by atoms with Gasteiger partial charge in [0.05, 0.1) is 0 Å². The van der Waals surface area contributed by atoms with Crippen molar-refractivity contribution in [2.24, 2.45) is 11.3 Å². The Kier molecular flexibility index (Phi) is 9.23. The van der Waals surface area contributed by atoms with E-state index in [1.807, 2.05) is 11.8 Å². The quantitative estimate of drug-likeness (QED) is 0.651. The zero-order valence-corrected chi connectivity index (χ0v) is 15.0. The van der Waals surface area contributed by atoms with Crippen LogP contribution in [0, 0.1) is 11.3 Å². The first-order valence-corrected chi connectivity index (χ1v) is 9.85. The van der Waals surface area contributed by atoms with E-state index in [1.54, 1.807) is 0 Å². The maximum atomic E-state index is 3.75. The highest BCUT2D eigenvalue weighted by Crippen LogP contribution is 2.35. The van der Waals surface area contributed by atoms with Gasteiger partial charge in [0.1, 0.15) is 0 Å². The lowest BCUT2D eigenvalue weighted by atomic mass is 9.79. The van der Waals surface area contributed by atoms with Gasteiger partial charge in [-0.05, 0) is 44.0 Å². The molecule has 1 saturated carbocycles. The predicted octanol–water partition coefficient (Wildman–Crippen LogP) is 3.87. The molecule has 20 heavy (non-hydrogen) atoms. The summed E-state index contributed by atoms with van der Waals surface area (Å²) in [5, 5.41) is 3.75. The fourth-order valence-electron chi connectivity index (χ4n) is 3.39. The Bertz CT molecular complexity index is 235. The molecule has 0 spiro atoms. The van der Waals surface area contributed by atoms with Gasteiger partial charge >= 0.3 is 0 Å². The third-order valence-electron chi connectivity index (χ3n) is 4.50. The van der Waals surface area contributed by atoms with Crippen molar-refractivity contribution in [2.45, 2.75) is 52.4 Å². The van der Waals surface area contributed by atoms with Gasteiger partial charge in [-0.1, -0.05) is 39.5 Å². The van der Waals surface area contributed by atoms with E-state index in [-0.39, 0.29) is 0 Å². The van der Waals surface area contributed by atoms with E-state index in [4.69, 9.17) is 0 Å². The topological polar surface area (TPSA) is 15.3 Å². The first-order valence-electron chi connectivity index (χ1n) is 8.46. The molecular weight excluding hydrogens is 264 g/mol. The Morgan fingerprint density at radius 3 is 2.35 bits per heavy atom. The van der Waals surface area contributed by atoms with Crippen molar-refractivity contribution in [3.05, 3.63) is 0 Å². The van der Waals surface area contributed by atoms with E-state index in [9.17, 15) is 0 Å². The SMILES string of the molecule is CSCCN(C)CC1(CNCC(C)C)CCCCCC1. The third kappa shape index (κ3) is 7.33. The zero-order chi connectivity index (χ0) is 14.8. The largest absolute Gasteiger partial charge is 0.316 e. The first kappa shape index (κ1) is 18.3. The summed E-state index contributed by atoms with van der Waals surface area (Å²) in [5.74, 6) is 2.01.